The Bertz CT molecular complexity index is 434. The van der Waals surface area contributed by atoms with Gasteiger partial charge in [0, 0.05) is 19.5 Å². The number of nitrogens with zero attached hydrogens (tertiary/aromatic N) is 2. The van der Waals surface area contributed by atoms with E-state index in [-0.39, 0.29) is 6.04 Å². The van der Waals surface area contributed by atoms with Crippen LogP contribution in [0.15, 0.2) is 4.47 Å². The fraction of sp³-hybridized carbons (Fsp3) is 0.800. The quantitative estimate of drug-likeness (QED) is 0.615. The predicted molar refractivity (Wildman–Crippen MR) is 88.3 cm³/mol. The first-order chi connectivity index (χ1) is 9.20. The summed E-state index contributed by atoms with van der Waals surface area (Å²) in [6.07, 6.45) is 2.88. The monoisotopic (exact) mass is 344 g/mol. The highest BCUT2D eigenvalue weighted by molar-refractivity contribution is 9.10. The number of hydrogen-bond acceptors (Lipinski definition) is 3. The van der Waals surface area contributed by atoms with Crippen molar-refractivity contribution in [2.45, 2.75) is 59.9 Å². The SMILES string of the molecule is CCc1nn(C)c(CC(CC(C)C(C)(C)C)NN)c1Br. The second-order valence-electron chi connectivity index (χ2n) is 6.76. The van der Waals surface area contributed by atoms with Crippen molar-refractivity contribution < 1.29 is 0 Å². The zero-order valence-corrected chi connectivity index (χ0v) is 15.2. The third kappa shape index (κ3) is 4.30. The summed E-state index contributed by atoms with van der Waals surface area (Å²) in [5.41, 5.74) is 5.60. The third-order valence-electron chi connectivity index (χ3n) is 4.29. The molecule has 0 aromatic carbocycles. The van der Waals surface area contributed by atoms with E-state index in [0.29, 0.717) is 11.3 Å². The molecule has 4 nitrogen and oxygen atoms in total. The van der Waals surface area contributed by atoms with Crippen LogP contribution >= 0.6 is 15.9 Å². The van der Waals surface area contributed by atoms with E-state index < -0.39 is 0 Å². The van der Waals surface area contributed by atoms with Gasteiger partial charge in [0.15, 0.2) is 0 Å². The van der Waals surface area contributed by atoms with Gasteiger partial charge in [0.1, 0.15) is 0 Å². The van der Waals surface area contributed by atoms with Crippen LogP contribution in [0.2, 0.25) is 0 Å². The molecule has 2 atom stereocenters. The van der Waals surface area contributed by atoms with Crippen LogP contribution in [0.25, 0.3) is 0 Å². The van der Waals surface area contributed by atoms with Crippen LogP contribution in [-0.2, 0) is 19.9 Å². The molecule has 0 fully saturated rings. The van der Waals surface area contributed by atoms with Crippen LogP contribution in [0.4, 0.5) is 0 Å². The smallest absolute Gasteiger partial charge is 0.0766 e. The van der Waals surface area contributed by atoms with Crippen molar-refractivity contribution in [3.8, 4) is 0 Å². The zero-order chi connectivity index (χ0) is 15.5. The Morgan fingerprint density at radius 2 is 2.00 bits per heavy atom. The molecule has 2 unspecified atom stereocenters. The van der Waals surface area contributed by atoms with Crippen LogP contribution < -0.4 is 11.3 Å². The summed E-state index contributed by atoms with van der Waals surface area (Å²) < 4.78 is 3.10. The van der Waals surface area contributed by atoms with Gasteiger partial charge in [0.25, 0.3) is 0 Å². The topological polar surface area (TPSA) is 55.9 Å². The van der Waals surface area contributed by atoms with E-state index in [1.165, 1.54) is 5.69 Å². The van der Waals surface area contributed by atoms with E-state index in [4.69, 9.17) is 5.84 Å². The number of halogens is 1. The maximum atomic E-state index is 5.76. The van der Waals surface area contributed by atoms with Crippen LogP contribution in [-0.4, -0.2) is 15.8 Å². The largest absolute Gasteiger partial charge is 0.271 e. The van der Waals surface area contributed by atoms with Crippen molar-refractivity contribution in [1.29, 1.82) is 0 Å². The Morgan fingerprint density at radius 3 is 2.40 bits per heavy atom. The molecular weight excluding hydrogens is 316 g/mol. The van der Waals surface area contributed by atoms with Crippen molar-refractivity contribution in [3.63, 3.8) is 0 Å². The molecule has 20 heavy (non-hydrogen) atoms. The second-order valence-corrected chi connectivity index (χ2v) is 7.55. The third-order valence-corrected chi connectivity index (χ3v) is 5.21. The lowest BCUT2D eigenvalue weighted by atomic mass is 9.78. The maximum Gasteiger partial charge on any atom is 0.0766 e. The van der Waals surface area contributed by atoms with E-state index in [1.54, 1.807) is 0 Å². The Labute approximate surface area is 131 Å². The molecule has 0 aliphatic heterocycles. The minimum absolute atomic E-state index is 0.264. The molecule has 0 saturated heterocycles. The summed E-state index contributed by atoms with van der Waals surface area (Å²) in [4.78, 5) is 0. The minimum atomic E-state index is 0.264. The average Bonchev–Trinajstić information content (AvgIpc) is 2.63. The van der Waals surface area contributed by atoms with Crippen LogP contribution in [0.1, 0.15) is 52.4 Å². The highest BCUT2D eigenvalue weighted by atomic mass is 79.9. The molecule has 0 radical (unpaired) electrons. The lowest BCUT2D eigenvalue weighted by molar-refractivity contribution is 0.221. The van der Waals surface area contributed by atoms with E-state index in [0.717, 1.165) is 29.4 Å². The highest BCUT2D eigenvalue weighted by Gasteiger charge is 2.25. The summed E-state index contributed by atoms with van der Waals surface area (Å²) >= 11 is 3.67. The van der Waals surface area contributed by atoms with Crippen molar-refractivity contribution in [3.05, 3.63) is 15.9 Å². The fourth-order valence-electron chi connectivity index (χ4n) is 2.27. The number of nitrogens with two attached hydrogens (primary N) is 1. The molecule has 0 aliphatic carbocycles. The highest BCUT2D eigenvalue weighted by Crippen LogP contribution is 2.30. The molecule has 1 aromatic rings. The molecule has 1 rings (SSSR count). The number of aromatic nitrogens is 2. The summed E-state index contributed by atoms with van der Waals surface area (Å²) in [7, 11) is 2.00. The van der Waals surface area contributed by atoms with E-state index in [2.05, 4.69) is 61.1 Å². The molecule has 3 N–H and O–H groups in total. The van der Waals surface area contributed by atoms with Crippen LogP contribution in [0.5, 0.6) is 0 Å². The Balaban J connectivity index is 2.82. The van der Waals surface area contributed by atoms with Gasteiger partial charge in [-0.05, 0) is 40.1 Å². The van der Waals surface area contributed by atoms with Gasteiger partial charge < -0.3 is 0 Å². The molecule has 5 heteroatoms. The Morgan fingerprint density at radius 1 is 1.40 bits per heavy atom. The zero-order valence-electron chi connectivity index (χ0n) is 13.6. The minimum Gasteiger partial charge on any atom is -0.271 e. The lowest BCUT2D eigenvalue weighted by Gasteiger charge is -2.30. The molecule has 0 spiro atoms. The molecule has 0 bridgehead atoms. The van der Waals surface area contributed by atoms with Crippen molar-refractivity contribution >= 4 is 15.9 Å². The van der Waals surface area contributed by atoms with Gasteiger partial charge in [-0.1, -0.05) is 34.6 Å². The Kier molecular flexibility index (Phi) is 6.23. The van der Waals surface area contributed by atoms with Gasteiger partial charge in [-0.3, -0.25) is 16.0 Å². The first-order valence-corrected chi connectivity index (χ1v) is 8.16. The molecule has 0 amide bonds. The summed E-state index contributed by atoms with van der Waals surface area (Å²) in [6, 6.07) is 0.264. The van der Waals surface area contributed by atoms with Gasteiger partial charge in [0.05, 0.1) is 15.9 Å². The van der Waals surface area contributed by atoms with Crippen LogP contribution in [0, 0.1) is 11.3 Å². The average molecular weight is 345 g/mol. The van der Waals surface area contributed by atoms with Gasteiger partial charge in [-0.2, -0.15) is 5.10 Å². The van der Waals surface area contributed by atoms with Gasteiger partial charge in [-0.15, -0.1) is 0 Å². The normalized spacial score (nSPS) is 15.4. The number of aryl methyl sites for hydroxylation is 2. The molecule has 1 aromatic heterocycles. The lowest BCUT2D eigenvalue weighted by Crippen LogP contribution is -2.40. The van der Waals surface area contributed by atoms with Crippen molar-refractivity contribution in [2.24, 2.45) is 24.2 Å². The standard InChI is InChI=1S/C15H29BrN4/c1-7-12-14(16)13(20(6)19-12)9-11(18-17)8-10(2)15(3,4)5/h10-11,18H,7-9,17H2,1-6H3. The summed E-state index contributed by atoms with van der Waals surface area (Å²) in [5.74, 6) is 6.35. The maximum absolute atomic E-state index is 5.76. The number of hydrogen-bond donors (Lipinski definition) is 2. The van der Waals surface area contributed by atoms with Gasteiger partial charge in [0.2, 0.25) is 0 Å². The molecular formula is C15H29BrN4. The van der Waals surface area contributed by atoms with Crippen molar-refractivity contribution in [1.82, 2.24) is 15.2 Å². The van der Waals surface area contributed by atoms with E-state index in [1.807, 2.05) is 11.7 Å². The number of rotatable bonds is 6. The van der Waals surface area contributed by atoms with Crippen LogP contribution in [0.3, 0.4) is 0 Å². The molecule has 1 heterocycles. The molecule has 116 valence electrons. The van der Waals surface area contributed by atoms with Gasteiger partial charge >= 0.3 is 0 Å². The number of hydrazine groups is 1. The molecule has 0 aliphatic rings. The Hall–Kier alpha value is -0.390. The van der Waals surface area contributed by atoms with E-state index in [9.17, 15) is 0 Å². The second kappa shape index (κ2) is 7.05. The summed E-state index contributed by atoms with van der Waals surface area (Å²) in [5, 5.41) is 4.55. The fourth-order valence-corrected chi connectivity index (χ4v) is 3.04. The first kappa shape index (κ1) is 17.7. The number of nitrogens with one attached hydrogen (secondary N) is 1. The predicted octanol–water partition coefficient (Wildman–Crippen LogP) is 3.19. The first-order valence-electron chi connectivity index (χ1n) is 7.37. The molecule has 0 saturated carbocycles. The summed E-state index contributed by atoms with van der Waals surface area (Å²) in [6.45, 7) is 11.2. The van der Waals surface area contributed by atoms with E-state index >= 15 is 0 Å². The van der Waals surface area contributed by atoms with Crippen molar-refractivity contribution in [2.75, 3.05) is 0 Å². The van der Waals surface area contributed by atoms with Gasteiger partial charge in [-0.25, -0.2) is 0 Å².